The summed E-state index contributed by atoms with van der Waals surface area (Å²) < 4.78 is -1.01. The van der Waals surface area contributed by atoms with Crippen LogP contribution in [0.1, 0.15) is 13.8 Å². The summed E-state index contributed by atoms with van der Waals surface area (Å²) in [5.74, 6) is -0.940. The van der Waals surface area contributed by atoms with Gasteiger partial charge in [-0.25, -0.2) is 0 Å². The molecule has 0 aliphatic carbocycles. The molecule has 0 radical (unpaired) electrons. The number of carboxylic acids is 1. The lowest BCUT2D eigenvalue weighted by Crippen LogP contribution is -2.35. The summed E-state index contributed by atoms with van der Waals surface area (Å²) in [7, 11) is 0. The monoisotopic (exact) mass is 214 g/mol. The number of hydrogen-bond acceptors (Lipinski definition) is 1. The van der Waals surface area contributed by atoms with Gasteiger partial charge in [0, 0.05) is 0 Å². The van der Waals surface area contributed by atoms with Crippen molar-refractivity contribution < 1.29 is 9.90 Å². The molecule has 0 saturated heterocycles. The predicted octanol–water partition coefficient (Wildman–Crippen LogP) is 1.85. The lowest BCUT2D eigenvalue weighted by Gasteiger charge is -2.18. The molecule has 0 aliphatic rings. The number of carboxylic acid groups (broad SMARTS) is 1. The van der Waals surface area contributed by atoms with E-state index in [1.807, 2.05) is 0 Å². The van der Waals surface area contributed by atoms with E-state index in [1.54, 1.807) is 6.92 Å². The van der Waals surface area contributed by atoms with Crippen molar-refractivity contribution in [3.63, 3.8) is 0 Å². The Morgan fingerprint density at radius 1 is 1.89 bits per heavy atom. The summed E-state index contributed by atoms with van der Waals surface area (Å²) in [4.78, 5) is 10.3. The Hall–Kier alpha value is 0.240. The normalized spacial score (nSPS) is 20.4. The third-order valence-electron chi connectivity index (χ3n) is 1.17. The lowest BCUT2D eigenvalue weighted by atomic mass is 10.1. The topological polar surface area (TPSA) is 37.3 Å². The highest BCUT2D eigenvalue weighted by molar-refractivity contribution is 9.10. The van der Waals surface area contributed by atoms with Crippen LogP contribution in [0.5, 0.6) is 0 Å². The fourth-order valence-electron chi connectivity index (χ4n) is 0.170. The molecule has 0 amide bonds. The number of halogens is 2. The van der Waals surface area contributed by atoms with Gasteiger partial charge in [-0.2, -0.15) is 0 Å². The lowest BCUT2D eigenvalue weighted by molar-refractivity contribution is -0.139. The van der Waals surface area contributed by atoms with Gasteiger partial charge in [0.15, 0.2) is 0 Å². The average molecular weight is 215 g/mol. The molecule has 9 heavy (non-hydrogen) atoms. The minimum atomic E-state index is -1.01. The van der Waals surface area contributed by atoms with Crippen LogP contribution in [0.2, 0.25) is 0 Å². The first-order chi connectivity index (χ1) is 3.89. The fourth-order valence-corrected chi connectivity index (χ4v) is 0.263. The molecule has 0 aromatic heterocycles. The predicted molar refractivity (Wildman–Crippen MR) is 40.3 cm³/mol. The van der Waals surface area contributed by atoms with E-state index in [2.05, 4.69) is 15.9 Å². The molecule has 54 valence electrons. The van der Waals surface area contributed by atoms with Crippen LogP contribution in [0.4, 0.5) is 0 Å². The molecule has 0 aromatic rings. The first-order valence-electron chi connectivity index (χ1n) is 2.45. The minimum Gasteiger partial charge on any atom is -0.480 e. The highest BCUT2D eigenvalue weighted by Crippen LogP contribution is 2.25. The van der Waals surface area contributed by atoms with Gasteiger partial charge < -0.3 is 5.11 Å². The molecule has 2 nitrogen and oxygen atoms in total. The van der Waals surface area contributed by atoms with Crippen molar-refractivity contribution >= 4 is 33.5 Å². The molecule has 0 bridgehead atoms. The zero-order valence-electron chi connectivity index (χ0n) is 5.19. The van der Waals surface area contributed by atoms with E-state index < -0.39 is 15.7 Å². The van der Waals surface area contributed by atoms with Gasteiger partial charge in [0.1, 0.15) is 4.32 Å². The van der Waals surface area contributed by atoms with Crippen LogP contribution >= 0.6 is 27.5 Å². The smallest absolute Gasteiger partial charge is 0.321 e. The third kappa shape index (κ3) is 2.14. The molecular weight excluding hydrogens is 207 g/mol. The van der Waals surface area contributed by atoms with Gasteiger partial charge in [0.2, 0.25) is 0 Å². The summed E-state index contributed by atoms with van der Waals surface area (Å²) >= 11 is 8.52. The zero-order chi connectivity index (χ0) is 7.65. The van der Waals surface area contributed by atoms with Gasteiger partial charge in [-0.15, -0.1) is 11.6 Å². The van der Waals surface area contributed by atoms with Crippen molar-refractivity contribution in [1.29, 1.82) is 0 Å². The highest BCUT2D eigenvalue weighted by atomic mass is 79.9. The number of aliphatic carboxylic acids is 1. The number of hydrogen-bond donors (Lipinski definition) is 1. The van der Waals surface area contributed by atoms with Crippen LogP contribution in [0.25, 0.3) is 0 Å². The summed E-state index contributed by atoms with van der Waals surface area (Å²) in [6.45, 7) is 3.15. The van der Waals surface area contributed by atoms with Crippen LogP contribution in [-0.4, -0.2) is 20.8 Å². The SMILES string of the molecule is CC(Cl)C(C)(Br)C(=O)O. The van der Waals surface area contributed by atoms with Gasteiger partial charge in [-0.3, -0.25) is 4.79 Å². The first kappa shape index (κ1) is 9.24. The standard InChI is InChI=1S/C5H8BrClO2/c1-3(7)5(2,6)4(8)9/h3H,1-2H3,(H,8,9). The van der Waals surface area contributed by atoms with Gasteiger partial charge in [-0.05, 0) is 13.8 Å². The first-order valence-corrected chi connectivity index (χ1v) is 3.68. The second-order valence-corrected chi connectivity index (χ2v) is 4.30. The Morgan fingerprint density at radius 2 is 2.22 bits per heavy atom. The number of alkyl halides is 2. The molecule has 0 aliphatic heterocycles. The Balaban J connectivity index is 4.19. The molecule has 4 heteroatoms. The maximum Gasteiger partial charge on any atom is 0.321 e. The Bertz CT molecular complexity index is 122. The van der Waals surface area contributed by atoms with Crippen molar-refractivity contribution in [1.82, 2.24) is 0 Å². The molecule has 2 atom stereocenters. The van der Waals surface area contributed by atoms with Crippen LogP contribution in [-0.2, 0) is 4.79 Å². The molecule has 0 aromatic carbocycles. The van der Waals surface area contributed by atoms with Crippen molar-refractivity contribution in [2.75, 3.05) is 0 Å². The van der Waals surface area contributed by atoms with Gasteiger partial charge >= 0.3 is 5.97 Å². The van der Waals surface area contributed by atoms with E-state index in [4.69, 9.17) is 16.7 Å². The number of carbonyl (C=O) groups is 1. The van der Waals surface area contributed by atoms with E-state index >= 15 is 0 Å². The summed E-state index contributed by atoms with van der Waals surface area (Å²) in [5, 5.41) is 8.06. The maximum atomic E-state index is 10.3. The fraction of sp³-hybridized carbons (Fsp3) is 0.800. The maximum absolute atomic E-state index is 10.3. The summed E-state index contributed by atoms with van der Waals surface area (Å²) in [5.41, 5.74) is 0. The number of rotatable bonds is 2. The molecular formula is C5H8BrClO2. The quantitative estimate of drug-likeness (QED) is 0.714. The zero-order valence-corrected chi connectivity index (χ0v) is 7.53. The molecule has 1 N–H and O–H groups in total. The van der Waals surface area contributed by atoms with E-state index in [9.17, 15) is 4.79 Å². The van der Waals surface area contributed by atoms with E-state index in [-0.39, 0.29) is 0 Å². The molecule has 2 unspecified atom stereocenters. The Morgan fingerprint density at radius 3 is 2.22 bits per heavy atom. The molecule has 0 fully saturated rings. The van der Waals surface area contributed by atoms with Gasteiger partial charge in [0.05, 0.1) is 5.38 Å². The van der Waals surface area contributed by atoms with E-state index in [0.29, 0.717) is 0 Å². The van der Waals surface area contributed by atoms with Gasteiger partial charge in [-0.1, -0.05) is 15.9 Å². The second-order valence-electron chi connectivity index (χ2n) is 2.00. The van der Waals surface area contributed by atoms with E-state index in [1.165, 1.54) is 6.92 Å². The third-order valence-corrected chi connectivity index (χ3v) is 2.89. The van der Waals surface area contributed by atoms with Crippen molar-refractivity contribution in [3.05, 3.63) is 0 Å². The van der Waals surface area contributed by atoms with Gasteiger partial charge in [0.25, 0.3) is 0 Å². The van der Waals surface area contributed by atoms with Crippen LogP contribution in [0.3, 0.4) is 0 Å². The van der Waals surface area contributed by atoms with Crippen LogP contribution < -0.4 is 0 Å². The van der Waals surface area contributed by atoms with Crippen LogP contribution in [0.15, 0.2) is 0 Å². The average Bonchev–Trinajstić information content (AvgIpc) is 1.65. The largest absolute Gasteiger partial charge is 0.480 e. The van der Waals surface area contributed by atoms with Crippen molar-refractivity contribution in [2.24, 2.45) is 0 Å². The Kier molecular flexibility index (Phi) is 2.96. The summed E-state index contributed by atoms with van der Waals surface area (Å²) in [6, 6.07) is 0. The minimum absolute atomic E-state index is 0.421. The highest BCUT2D eigenvalue weighted by Gasteiger charge is 2.34. The molecule has 0 heterocycles. The van der Waals surface area contributed by atoms with E-state index in [0.717, 1.165) is 0 Å². The molecule has 0 saturated carbocycles. The second kappa shape index (κ2) is 2.88. The molecule has 0 rings (SSSR count). The van der Waals surface area contributed by atoms with Crippen molar-refractivity contribution in [2.45, 2.75) is 23.5 Å². The summed E-state index contributed by atoms with van der Waals surface area (Å²) in [6.07, 6.45) is 0. The van der Waals surface area contributed by atoms with Crippen molar-refractivity contribution in [3.8, 4) is 0 Å². The molecule has 0 spiro atoms. The Labute approximate surface area is 67.3 Å². The van der Waals surface area contributed by atoms with Crippen LogP contribution in [0, 0.1) is 0 Å².